The van der Waals surface area contributed by atoms with Crippen LogP contribution in [-0.2, 0) is 6.54 Å². The van der Waals surface area contributed by atoms with Gasteiger partial charge in [0.15, 0.2) is 5.65 Å². The maximum absolute atomic E-state index is 12.3. The van der Waals surface area contributed by atoms with Gasteiger partial charge in [-0.05, 0) is 32.5 Å². The molecular formula is C17H21N5O2. The Hall–Kier alpha value is -2.51. The van der Waals surface area contributed by atoms with Crippen LogP contribution in [0, 0.1) is 0 Å². The van der Waals surface area contributed by atoms with Gasteiger partial charge in [-0.1, -0.05) is 18.2 Å². The van der Waals surface area contributed by atoms with Gasteiger partial charge in [-0.2, -0.15) is 5.10 Å². The van der Waals surface area contributed by atoms with Crippen LogP contribution in [0.4, 0.5) is 0 Å². The highest BCUT2D eigenvalue weighted by atomic mass is 16.3. The number of aromatic amines is 1. The van der Waals surface area contributed by atoms with E-state index < -0.39 is 0 Å². The molecule has 7 nitrogen and oxygen atoms in total. The molecule has 0 bridgehead atoms. The number of hydrogen-bond acceptors (Lipinski definition) is 5. The van der Waals surface area contributed by atoms with Crippen LogP contribution in [0.15, 0.2) is 41.3 Å². The number of aliphatic hydroxyl groups is 1. The maximum atomic E-state index is 12.3. The summed E-state index contributed by atoms with van der Waals surface area (Å²) in [5.41, 5.74) is 1.21. The van der Waals surface area contributed by atoms with Crippen molar-refractivity contribution in [3.05, 3.63) is 52.7 Å². The summed E-state index contributed by atoms with van der Waals surface area (Å²) in [5.74, 6) is 0.582. The van der Waals surface area contributed by atoms with Gasteiger partial charge in [0.05, 0.1) is 24.5 Å². The normalized spacial score (nSPS) is 12.8. The van der Waals surface area contributed by atoms with Crippen LogP contribution < -0.4 is 5.56 Å². The summed E-state index contributed by atoms with van der Waals surface area (Å²) < 4.78 is 1.67. The third-order valence-electron chi connectivity index (χ3n) is 3.84. The summed E-state index contributed by atoms with van der Waals surface area (Å²) in [5, 5.41) is 14.1. The van der Waals surface area contributed by atoms with E-state index >= 15 is 0 Å². The van der Waals surface area contributed by atoms with Gasteiger partial charge in [0.2, 0.25) is 0 Å². The zero-order valence-corrected chi connectivity index (χ0v) is 13.8. The minimum absolute atomic E-state index is 0.193. The van der Waals surface area contributed by atoms with E-state index in [0.717, 1.165) is 12.2 Å². The lowest BCUT2D eigenvalue weighted by Crippen LogP contribution is -2.25. The Balaban J connectivity index is 1.92. The summed E-state index contributed by atoms with van der Waals surface area (Å²) in [4.78, 5) is 21.7. The van der Waals surface area contributed by atoms with Gasteiger partial charge in [0, 0.05) is 6.54 Å². The zero-order chi connectivity index (χ0) is 17.1. The summed E-state index contributed by atoms with van der Waals surface area (Å²) in [6, 6.07) is 9.60. The Morgan fingerprint density at radius 3 is 2.79 bits per heavy atom. The molecule has 2 aromatic heterocycles. The number of aliphatic hydroxyl groups excluding tert-OH is 1. The van der Waals surface area contributed by atoms with Gasteiger partial charge < -0.3 is 10.1 Å². The molecule has 0 aliphatic carbocycles. The quantitative estimate of drug-likeness (QED) is 0.713. The van der Waals surface area contributed by atoms with Crippen molar-refractivity contribution in [3.8, 4) is 5.69 Å². The second kappa shape index (κ2) is 6.94. The molecule has 2 N–H and O–H groups in total. The van der Waals surface area contributed by atoms with Crippen molar-refractivity contribution < 1.29 is 5.11 Å². The van der Waals surface area contributed by atoms with Gasteiger partial charge in [-0.25, -0.2) is 9.67 Å². The van der Waals surface area contributed by atoms with E-state index in [1.165, 1.54) is 6.20 Å². The molecule has 24 heavy (non-hydrogen) atoms. The molecule has 1 unspecified atom stereocenters. The maximum Gasteiger partial charge on any atom is 0.262 e. The lowest BCUT2D eigenvalue weighted by molar-refractivity contribution is 0.162. The van der Waals surface area contributed by atoms with E-state index in [0.29, 0.717) is 29.8 Å². The van der Waals surface area contributed by atoms with Gasteiger partial charge >= 0.3 is 0 Å². The Morgan fingerprint density at radius 1 is 1.33 bits per heavy atom. The summed E-state index contributed by atoms with van der Waals surface area (Å²) in [6.45, 7) is 2.98. The number of hydrogen-bond donors (Lipinski definition) is 2. The summed E-state index contributed by atoms with van der Waals surface area (Å²) in [6.07, 6.45) is 1.86. The van der Waals surface area contributed by atoms with Crippen LogP contribution in [-0.4, -0.2) is 49.5 Å². The minimum Gasteiger partial charge on any atom is -0.393 e. The molecule has 0 saturated heterocycles. The van der Waals surface area contributed by atoms with Crippen LogP contribution >= 0.6 is 0 Å². The molecule has 0 fully saturated rings. The van der Waals surface area contributed by atoms with Gasteiger partial charge in [0.1, 0.15) is 11.2 Å². The molecule has 0 spiro atoms. The molecule has 126 valence electrons. The smallest absolute Gasteiger partial charge is 0.262 e. The summed E-state index contributed by atoms with van der Waals surface area (Å²) in [7, 11) is 1.93. The number of H-pyrrole nitrogens is 1. The highest BCUT2D eigenvalue weighted by molar-refractivity contribution is 5.75. The number of rotatable bonds is 6. The van der Waals surface area contributed by atoms with E-state index in [2.05, 4.69) is 15.1 Å². The van der Waals surface area contributed by atoms with Crippen LogP contribution in [0.25, 0.3) is 16.7 Å². The van der Waals surface area contributed by atoms with Crippen LogP contribution in [0.3, 0.4) is 0 Å². The molecule has 0 aliphatic heterocycles. The molecule has 3 aromatic rings. The number of nitrogens with one attached hydrogen (secondary N) is 1. The third-order valence-corrected chi connectivity index (χ3v) is 3.84. The first-order valence-electron chi connectivity index (χ1n) is 7.93. The third kappa shape index (κ3) is 3.52. The standard InChI is InChI=1S/C17H21N5O2/c1-12(23)8-9-21(2)11-15-19-16-14(17(24)20-15)10-18-22(16)13-6-4-3-5-7-13/h3-7,10,12,23H,8-9,11H2,1-2H3,(H,19,20,24). The molecular weight excluding hydrogens is 306 g/mol. The minimum atomic E-state index is -0.346. The Labute approximate surface area is 139 Å². The predicted molar refractivity (Wildman–Crippen MR) is 92.1 cm³/mol. The first-order chi connectivity index (χ1) is 11.5. The van der Waals surface area contributed by atoms with E-state index in [1.807, 2.05) is 42.3 Å². The number of fused-ring (bicyclic) bond motifs is 1. The van der Waals surface area contributed by atoms with Crippen LogP contribution in [0.2, 0.25) is 0 Å². The van der Waals surface area contributed by atoms with E-state index in [1.54, 1.807) is 11.6 Å². The fourth-order valence-corrected chi connectivity index (χ4v) is 2.54. The topological polar surface area (TPSA) is 87.0 Å². The van der Waals surface area contributed by atoms with Crippen molar-refractivity contribution in [3.63, 3.8) is 0 Å². The first-order valence-corrected chi connectivity index (χ1v) is 7.93. The van der Waals surface area contributed by atoms with Crippen molar-refractivity contribution in [1.29, 1.82) is 0 Å². The average molecular weight is 327 g/mol. The van der Waals surface area contributed by atoms with Crippen LogP contribution in [0.1, 0.15) is 19.2 Å². The molecule has 7 heteroatoms. The molecule has 0 aliphatic rings. The molecule has 3 rings (SSSR count). The van der Waals surface area contributed by atoms with Crippen molar-refractivity contribution >= 4 is 11.0 Å². The molecule has 0 amide bonds. The largest absolute Gasteiger partial charge is 0.393 e. The molecule has 1 atom stereocenters. The fraction of sp³-hybridized carbons (Fsp3) is 0.353. The molecule has 2 heterocycles. The monoisotopic (exact) mass is 327 g/mol. The molecule has 1 aromatic carbocycles. The SMILES string of the molecule is CC(O)CCN(C)Cc1nc2c(cnn2-c2ccccc2)c(=O)[nH]1. The van der Waals surface area contributed by atoms with Gasteiger partial charge in [-0.15, -0.1) is 0 Å². The predicted octanol–water partition coefficient (Wildman–Crippen LogP) is 1.31. The lowest BCUT2D eigenvalue weighted by Gasteiger charge is -2.16. The number of para-hydroxylation sites is 1. The van der Waals surface area contributed by atoms with E-state index in [9.17, 15) is 9.90 Å². The average Bonchev–Trinajstić information content (AvgIpc) is 2.98. The second-order valence-corrected chi connectivity index (χ2v) is 6.02. The highest BCUT2D eigenvalue weighted by Gasteiger charge is 2.12. The van der Waals surface area contributed by atoms with Crippen LogP contribution in [0.5, 0.6) is 0 Å². The Morgan fingerprint density at radius 2 is 2.08 bits per heavy atom. The van der Waals surface area contributed by atoms with Gasteiger partial charge in [0.25, 0.3) is 5.56 Å². The van der Waals surface area contributed by atoms with E-state index in [-0.39, 0.29) is 11.7 Å². The number of nitrogens with zero attached hydrogens (tertiary/aromatic N) is 4. The molecule has 0 saturated carbocycles. The number of aromatic nitrogens is 4. The van der Waals surface area contributed by atoms with E-state index in [4.69, 9.17) is 0 Å². The zero-order valence-electron chi connectivity index (χ0n) is 13.8. The Bertz CT molecular complexity index is 870. The van der Waals surface area contributed by atoms with Crippen molar-refractivity contribution in [2.75, 3.05) is 13.6 Å². The fourth-order valence-electron chi connectivity index (χ4n) is 2.54. The number of benzene rings is 1. The van der Waals surface area contributed by atoms with Crippen molar-refractivity contribution in [2.24, 2.45) is 0 Å². The van der Waals surface area contributed by atoms with Crippen molar-refractivity contribution in [2.45, 2.75) is 26.0 Å². The first kappa shape index (κ1) is 16.4. The Kier molecular flexibility index (Phi) is 4.73. The lowest BCUT2D eigenvalue weighted by atomic mass is 10.3. The molecule has 0 radical (unpaired) electrons. The van der Waals surface area contributed by atoms with Crippen molar-refractivity contribution in [1.82, 2.24) is 24.6 Å². The second-order valence-electron chi connectivity index (χ2n) is 6.02. The summed E-state index contributed by atoms with van der Waals surface area (Å²) >= 11 is 0. The van der Waals surface area contributed by atoms with Gasteiger partial charge in [-0.3, -0.25) is 9.69 Å². The highest BCUT2D eigenvalue weighted by Crippen LogP contribution is 2.13.